The molecule has 0 aromatic rings. The molecular weight excluding hydrogens is 171 g/mol. The van der Waals surface area contributed by atoms with E-state index in [4.69, 9.17) is 0 Å². The number of hydrogen-bond acceptors (Lipinski definition) is 5. The van der Waals surface area contributed by atoms with Crippen molar-refractivity contribution in [2.45, 2.75) is 12.8 Å². The Morgan fingerprint density at radius 1 is 1.20 bits per heavy atom. The predicted molar refractivity (Wildman–Crippen MR) is 22.4 cm³/mol. The zero-order valence-electron chi connectivity index (χ0n) is 5.44. The second-order valence-corrected chi connectivity index (χ2v) is 1.45. The van der Waals surface area contributed by atoms with Crippen molar-refractivity contribution in [3.8, 4) is 0 Å². The summed E-state index contributed by atoms with van der Waals surface area (Å²) in [6.45, 7) is 0.382. The fraction of sp³-hybridized carbons (Fsp3) is 1.00. The van der Waals surface area contributed by atoms with Crippen LogP contribution in [0.3, 0.4) is 0 Å². The Morgan fingerprint density at radius 3 is 1.40 bits per heavy atom. The molecular formula is C2H3KN2O5. The van der Waals surface area contributed by atoms with Crippen LogP contribution in [0.4, 0.5) is 0 Å². The molecule has 0 spiro atoms. The summed E-state index contributed by atoms with van der Waals surface area (Å²) in [5.41, 5.74) is 0. The van der Waals surface area contributed by atoms with E-state index in [0.29, 0.717) is 6.92 Å². The van der Waals surface area contributed by atoms with Gasteiger partial charge in [-0.3, -0.25) is 20.2 Å². The molecule has 0 saturated heterocycles. The van der Waals surface area contributed by atoms with Gasteiger partial charge < -0.3 is 5.11 Å². The maximum Gasteiger partial charge on any atom is 1.00 e. The van der Waals surface area contributed by atoms with Gasteiger partial charge in [0.2, 0.25) is 0 Å². The summed E-state index contributed by atoms with van der Waals surface area (Å²) >= 11 is 0. The summed E-state index contributed by atoms with van der Waals surface area (Å²) < 4.78 is 0. The van der Waals surface area contributed by atoms with Crippen molar-refractivity contribution >= 4 is 0 Å². The van der Waals surface area contributed by atoms with E-state index in [9.17, 15) is 25.3 Å². The third kappa shape index (κ3) is 2.99. The third-order valence-corrected chi connectivity index (χ3v) is 0.678. The molecule has 0 saturated carbocycles. The van der Waals surface area contributed by atoms with Crippen LogP contribution in [0.1, 0.15) is 6.92 Å². The van der Waals surface area contributed by atoms with Crippen molar-refractivity contribution < 1.29 is 66.3 Å². The molecule has 0 bridgehead atoms. The Labute approximate surface area is 98.1 Å². The van der Waals surface area contributed by atoms with Crippen LogP contribution in [0.5, 0.6) is 0 Å². The van der Waals surface area contributed by atoms with Crippen LogP contribution in [0, 0.1) is 20.2 Å². The quantitative estimate of drug-likeness (QED) is 0.181. The average molecular weight is 174 g/mol. The molecule has 7 nitrogen and oxygen atoms in total. The van der Waals surface area contributed by atoms with Gasteiger partial charge in [0.05, 0.1) is 16.8 Å². The number of nitro groups is 2. The topological polar surface area (TPSA) is 109 Å². The summed E-state index contributed by atoms with van der Waals surface area (Å²) in [7, 11) is 0. The first-order chi connectivity index (χ1) is 3.89. The molecule has 0 atom stereocenters. The van der Waals surface area contributed by atoms with Crippen molar-refractivity contribution in [1.82, 2.24) is 0 Å². The predicted octanol–water partition coefficient (Wildman–Crippen LogP) is -4.42. The SMILES string of the molecule is CC([O-])([N+](=O)[O-])[N+](=O)[O-].[K+]. The summed E-state index contributed by atoms with van der Waals surface area (Å²) in [6.07, 6.45) is 0. The first-order valence-corrected chi connectivity index (χ1v) is 1.88. The van der Waals surface area contributed by atoms with E-state index in [0.717, 1.165) is 0 Å². The summed E-state index contributed by atoms with van der Waals surface area (Å²) in [6, 6.07) is 0. The summed E-state index contributed by atoms with van der Waals surface area (Å²) in [4.78, 5) is 16.0. The molecule has 0 amide bonds. The Morgan fingerprint density at radius 2 is 1.40 bits per heavy atom. The Kier molecular flexibility index (Phi) is 5.61. The maximum atomic E-state index is 10.1. The third-order valence-electron chi connectivity index (χ3n) is 0.678. The minimum absolute atomic E-state index is 0. The Bertz CT molecular complexity index is 140. The molecule has 0 N–H and O–H groups in total. The van der Waals surface area contributed by atoms with E-state index in [1.807, 2.05) is 0 Å². The fourth-order valence-electron chi connectivity index (χ4n) is 0.0667. The Hall–Kier alpha value is 0.396. The van der Waals surface area contributed by atoms with Crippen LogP contribution < -0.4 is 56.5 Å². The Balaban J connectivity index is 0. The largest absolute Gasteiger partial charge is 1.00 e. The van der Waals surface area contributed by atoms with Crippen molar-refractivity contribution in [3.63, 3.8) is 0 Å². The van der Waals surface area contributed by atoms with E-state index >= 15 is 0 Å². The monoisotopic (exact) mass is 174 g/mol. The van der Waals surface area contributed by atoms with E-state index in [-0.39, 0.29) is 51.4 Å². The van der Waals surface area contributed by atoms with Crippen molar-refractivity contribution in [3.05, 3.63) is 20.2 Å². The molecule has 0 aromatic heterocycles. The van der Waals surface area contributed by atoms with Gasteiger partial charge in [-0.2, -0.15) is 0 Å². The fourth-order valence-corrected chi connectivity index (χ4v) is 0.0667. The van der Waals surface area contributed by atoms with E-state index in [1.54, 1.807) is 0 Å². The molecule has 0 aliphatic heterocycles. The van der Waals surface area contributed by atoms with E-state index in [2.05, 4.69) is 0 Å². The van der Waals surface area contributed by atoms with Crippen LogP contribution in [0.15, 0.2) is 0 Å². The summed E-state index contributed by atoms with van der Waals surface area (Å²) in [5, 5.41) is 29.1. The summed E-state index contributed by atoms with van der Waals surface area (Å²) in [5.74, 6) is -3.31. The van der Waals surface area contributed by atoms with E-state index < -0.39 is 15.7 Å². The van der Waals surface area contributed by atoms with Gasteiger partial charge in [0.15, 0.2) is 0 Å². The molecule has 0 unspecified atom stereocenters. The average Bonchev–Trinajstić information content (AvgIpc) is 1.65. The zero-order chi connectivity index (χ0) is 7.65. The second kappa shape index (κ2) is 4.31. The maximum absolute atomic E-state index is 10.1. The van der Waals surface area contributed by atoms with Crippen LogP contribution in [0.2, 0.25) is 0 Å². The molecule has 10 heavy (non-hydrogen) atoms. The van der Waals surface area contributed by atoms with Gasteiger partial charge in [-0.15, -0.1) is 0 Å². The molecule has 0 fully saturated rings. The van der Waals surface area contributed by atoms with Gasteiger partial charge in [-0.1, -0.05) is 0 Å². The molecule has 0 rings (SSSR count). The molecule has 0 aliphatic carbocycles. The zero-order valence-corrected chi connectivity index (χ0v) is 8.56. The van der Waals surface area contributed by atoms with Crippen LogP contribution in [0.25, 0.3) is 0 Å². The number of rotatable bonds is 2. The molecule has 0 aromatic carbocycles. The molecule has 0 radical (unpaired) electrons. The first kappa shape index (κ1) is 13.0. The van der Waals surface area contributed by atoms with Gasteiger partial charge in [0.1, 0.15) is 0 Å². The van der Waals surface area contributed by atoms with Gasteiger partial charge in [0, 0.05) is 0 Å². The second-order valence-electron chi connectivity index (χ2n) is 1.45. The minimum atomic E-state index is -3.31. The smallest absolute Gasteiger partial charge is 0.726 e. The standard InChI is InChI=1S/C2H3N2O5.K/c1-2(5,3(6)7)4(8)9;/h1H3;/q-1;+1. The first-order valence-electron chi connectivity index (χ1n) is 1.88. The van der Waals surface area contributed by atoms with E-state index in [1.165, 1.54) is 0 Å². The van der Waals surface area contributed by atoms with Gasteiger partial charge >= 0.3 is 57.2 Å². The van der Waals surface area contributed by atoms with Gasteiger partial charge in [-0.25, -0.2) is 0 Å². The van der Waals surface area contributed by atoms with Crippen LogP contribution in [-0.4, -0.2) is 15.7 Å². The van der Waals surface area contributed by atoms with Crippen LogP contribution in [-0.2, 0) is 0 Å². The van der Waals surface area contributed by atoms with Gasteiger partial charge in [-0.05, 0) is 0 Å². The molecule has 0 aliphatic rings. The van der Waals surface area contributed by atoms with Crippen molar-refractivity contribution in [1.29, 1.82) is 0 Å². The number of hydrogen-bond donors (Lipinski definition) is 0. The molecule has 8 heteroatoms. The molecule has 52 valence electrons. The van der Waals surface area contributed by atoms with Gasteiger partial charge in [0.25, 0.3) is 0 Å². The van der Waals surface area contributed by atoms with Crippen molar-refractivity contribution in [2.75, 3.05) is 0 Å². The number of nitrogens with zero attached hydrogens (tertiary/aromatic N) is 2. The normalized spacial score (nSPS) is 9.80. The van der Waals surface area contributed by atoms with Crippen molar-refractivity contribution in [2.24, 2.45) is 0 Å². The molecule has 0 heterocycles. The van der Waals surface area contributed by atoms with Crippen LogP contribution >= 0.6 is 0 Å². The minimum Gasteiger partial charge on any atom is -0.726 e.